The number of aromatic amines is 1. The Morgan fingerprint density at radius 3 is 2.35 bits per heavy atom. The van der Waals surface area contributed by atoms with E-state index in [0.29, 0.717) is 22.4 Å². The Morgan fingerprint density at radius 1 is 0.870 bits per heavy atom. The van der Waals surface area contributed by atoms with E-state index in [1.807, 2.05) is 6.07 Å². The van der Waals surface area contributed by atoms with Crippen molar-refractivity contribution in [1.82, 2.24) is 19.1 Å². The van der Waals surface area contributed by atoms with Crippen LogP contribution >= 0.6 is 0 Å². The number of benzene rings is 2. The summed E-state index contributed by atoms with van der Waals surface area (Å²) in [6.45, 7) is 0. The molecule has 0 atom stereocenters. The molecule has 6 nitrogen and oxygen atoms in total. The standard InChI is InChI=1S/C17H12N4O2/c22-16-13-8-4-5-9-14(13)21(15-10-18-11-19-15)17(23)20(16)12-6-2-1-3-7-12/h1-11H,(H,18,19). The molecule has 0 saturated carbocycles. The van der Waals surface area contributed by atoms with Crippen LogP contribution in [-0.4, -0.2) is 19.1 Å². The van der Waals surface area contributed by atoms with E-state index >= 15 is 0 Å². The van der Waals surface area contributed by atoms with Crippen LogP contribution in [0.25, 0.3) is 22.4 Å². The molecule has 2 heterocycles. The minimum atomic E-state index is -0.452. The quantitative estimate of drug-likeness (QED) is 0.614. The first-order valence-electron chi connectivity index (χ1n) is 7.09. The minimum absolute atomic E-state index is 0.344. The highest BCUT2D eigenvalue weighted by Crippen LogP contribution is 2.13. The summed E-state index contributed by atoms with van der Waals surface area (Å²) in [6, 6.07) is 15.9. The van der Waals surface area contributed by atoms with E-state index in [0.717, 1.165) is 4.57 Å². The molecular formula is C17H12N4O2. The zero-order chi connectivity index (χ0) is 15.8. The van der Waals surface area contributed by atoms with Gasteiger partial charge >= 0.3 is 5.69 Å². The Kier molecular flexibility index (Phi) is 2.94. The third-order valence-electron chi connectivity index (χ3n) is 3.69. The second kappa shape index (κ2) is 5.10. The third kappa shape index (κ3) is 2.00. The van der Waals surface area contributed by atoms with Gasteiger partial charge in [0.2, 0.25) is 0 Å². The maximum absolute atomic E-state index is 13.0. The number of nitrogens with zero attached hydrogens (tertiary/aromatic N) is 3. The highest BCUT2D eigenvalue weighted by molar-refractivity contribution is 5.79. The van der Waals surface area contributed by atoms with Crippen LogP contribution in [-0.2, 0) is 0 Å². The zero-order valence-electron chi connectivity index (χ0n) is 12.0. The van der Waals surface area contributed by atoms with Crippen LogP contribution in [0.2, 0.25) is 0 Å². The van der Waals surface area contributed by atoms with Crippen molar-refractivity contribution >= 4 is 10.9 Å². The maximum Gasteiger partial charge on any atom is 0.342 e. The SMILES string of the molecule is O=c1c2ccccc2n(-c2c[nH]cn2)c(=O)n1-c1ccccc1. The van der Waals surface area contributed by atoms with Gasteiger partial charge in [0, 0.05) is 6.20 Å². The molecule has 2 aromatic heterocycles. The number of H-pyrrole nitrogens is 1. The van der Waals surface area contributed by atoms with Crippen molar-refractivity contribution in [1.29, 1.82) is 0 Å². The molecule has 112 valence electrons. The summed E-state index contributed by atoms with van der Waals surface area (Å²) in [6.07, 6.45) is 3.11. The van der Waals surface area contributed by atoms with E-state index in [4.69, 9.17) is 0 Å². The minimum Gasteiger partial charge on any atom is -0.349 e. The molecule has 0 spiro atoms. The molecule has 1 N–H and O–H groups in total. The summed E-state index contributed by atoms with van der Waals surface area (Å²) in [5.41, 5.74) is 0.259. The Balaban J connectivity index is 2.22. The fourth-order valence-corrected chi connectivity index (χ4v) is 2.66. The molecule has 0 amide bonds. The average molecular weight is 304 g/mol. The lowest BCUT2D eigenvalue weighted by Crippen LogP contribution is -2.38. The first-order valence-corrected chi connectivity index (χ1v) is 7.09. The van der Waals surface area contributed by atoms with E-state index in [1.54, 1.807) is 54.7 Å². The number of para-hydroxylation sites is 2. The molecule has 0 aliphatic rings. The van der Waals surface area contributed by atoms with Gasteiger partial charge in [0.25, 0.3) is 5.56 Å². The molecule has 23 heavy (non-hydrogen) atoms. The number of fused-ring (bicyclic) bond motifs is 1. The molecule has 0 aliphatic heterocycles. The van der Waals surface area contributed by atoms with Crippen molar-refractivity contribution in [3.05, 3.63) is 88.0 Å². The molecule has 0 saturated heterocycles. The van der Waals surface area contributed by atoms with Gasteiger partial charge in [-0.1, -0.05) is 30.3 Å². The van der Waals surface area contributed by atoms with Gasteiger partial charge in [-0.2, -0.15) is 0 Å². The second-order valence-electron chi connectivity index (χ2n) is 5.04. The molecule has 0 radical (unpaired) electrons. The molecule has 4 aromatic rings. The summed E-state index contributed by atoms with van der Waals surface area (Å²) in [7, 11) is 0. The Bertz CT molecular complexity index is 1090. The smallest absolute Gasteiger partial charge is 0.342 e. The predicted molar refractivity (Wildman–Crippen MR) is 87.3 cm³/mol. The van der Waals surface area contributed by atoms with E-state index in [-0.39, 0.29) is 5.56 Å². The normalized spacial score (nSPS) is 11.0. The van der Waals surface area contributed by atoms with E-state index < -0.39 is 5.69 Å². The van der Waals surface area contributed by atoms with Crippen molar-refractivity contribution in [2.75, 3.05) is 0 Å². The van der Waals surface area contributed by atoms with Crippen molar-refractivity contribution in [2.45, 2.75) is 0 Å². The summed E-state index contributed by atoms with van der Waals surface area (Å²) in [5, 5.41) is 0.457. The van der Waals surface area contributed by atoms with Gasteiger partial charge in [-0.3, -0.25) is 4.79 Å². The van der Waals surface area contributed by atoms with Gasteiger partial charge in [-0.05, 0) is 24.3 Å². The molecule has 4 rings (SSSR count). The van der Waals surface area contributed by atoms with Crippen molar-refractivity contribution in [2.24, 2.45) is 0 Å². The number of rotatable bonds is 2. The second-order valence-corrected chi connectivity index (χ2v) is 5.04. The molecule has 0 fully saturated rings. The Hall–Kier alpha value is -3.41. The Morgan fingerprint density at radius 2 is 1.61 bits per heavy atom. The molecule has 0 aliphatic carbocycles. The topological polar surface area (TPSA) is 72.7 Å². The third-order valence-corrected chi connectivity index (χ3v) is 3.69. The van der Waals surface area contributed by atoms with Crippen LogP contribution < -0.4 is 11.2 Å². The van der Waals surface area contributed by atoms with Crippen molar-refractivity contribution in [3.8, 4) is 11.5 Å². The average Bonchev–Trinajstić information content (AvgIpc) is 3.10. The summed E-state index contributed by atoms with van der Waals surface area (Å²) < 4.78 is 2.59. The lowest BCUT2D eigenvalue weighted by atomic mass is 10.2. The van der Waals surface area contributed by atoms with Crippen molar-refractivity contribution in [3.63, 3.8) is 0 Å². The monoisotopic (exact) mass is 304 g/mol. The van der Waals surface area contributed by atoms with E-state index in [2.05, 4.69) is 9.97 Å². The van der Waals surface area contributed by atoms with Crippen LogP contribution in [0.15, 0.2) is 76.7 Å². The van der Waals surface area contributed by atoms with Gasteiger partial charge in [-0.25, -0.2) is 18.9 Å². The summed E-state index contributed by atoms with van der Waals surface area (Å²) >= 11 is 0. The Labute approximate surface area is 130 Å². The van der Waals surface area contributed by atoms with Crippen LogP contribution in [0.5, 0.6) is 0 Å². The van der Waals surface area contributed by atoms with Crippen LogP contribution in [0.3, 0.4) is 0 Å². The van der Waals surface area contributed by atoms with Crippen LogP contribution in [0.1, 0.15) is 0 Å². The van der Waals surface area contributed by atoms with Crippen LogP contribution in [0.4, 0.5) is 0 Å². The first-order chi connectivity index (χ1) is 11.3. The molecular weight excluding hydrogens is 292 g/mol. The fraction of sp³-hybridized carbons (Fsp3) is 0. The van der Waals surface area contributed by atoms with Gasteiger partial charge in [0.1, 0.15) is 0 Å². The largest absolute Gasteiger partial charge is 0.349 e. The van der Waals surface area contributed by atoms with E-state index in [9.17, 15) is 9.59 Å². The van der Waals surface area contributed by atoms with Gasteiger partial charge in [0.05, 0.1) is 22.9 Å². The summed E-state index contributed by atoms with van der Waals surface area (Å²) in [5.74, 6) is 0.441. The maximum atomic E-state index is 13.0. The van der Waals surface area contributed by atoms with Crippen LogP contribution in [0, 0.1) is 0 Å². The predicted octanol–water partition coefficient (Wildman–Crippen LogP) is 1.86. The lowest BCUT2D eigenvalue weighted by Gasteiger charge is -2.12. The lowest BCUT2D eigenvalue weighted by molar-refractivity contribution is 0.823. The zero-order valence-corrected chi connectivity index (χ0v) is 12.0. The van der Waals surface area contributed by atoms with Gasteiger partial charge in [-0.15, -0.1) is 0 Å². The fourth-order valence-electron chi connectivity index (χ4n) is 2.66. The number of hydrogen-bond donors (Lipinski definition) is 1. The molecule has 2 aromatic carbocycles. The first kappa shape index (κ1) is 13.3. The van der Waals surface area contributed by atoms with Crippen molar-refractivity contribution < 1.29 is 0 Å². The highest BCUT2D eigenvalue weighted by atomic mass is 16.2. The number of imidazole rings is 1. The molecule has 0 unspecified atom stereocenters. The number of aromatic nitrogens is 4. The summed E-state index contributed by atoms with van der Waals surface area (Å²) in [4.78, 5) is 32.8. The highest BCUT2D eigenvalue weighted by Gasteiger charge is 2.15. The number of nitrogens with one attached hydrogen (secondary N) is 1. The van der Waals surface area contributed by atoms with Gasteiger partial charge in [0.15, 0.2) is 5.82 Å². The molecule has 0 bridgehead atoms. The van der Waals surface area contributed by atoms with E-state index in [1.165, 1.54) is 10.9 Å². The van der Waals surface area contributed by atoms with Gasteiger partial charge < -0.3 is 4.98 Å². The molecule has 6 heteroatoms. The number of hydrogen-bond acceptors (Lipinski definition) is 3.